The van der Waals surface area contributed by atoms with Crippen molar-refractivity contribution >= 4 is 0 Å². The predicted octanol–water partition coefficient (Wildman–Crippen LogP) is 3.38. The van der Waals surface area contributed by atoms with E-state index in [1.807, 2.05) is 6.92 Å². The van der Waals surface area contributed by atoms with E-state index in [-0.39, 0.29) is 6.04 Å². The second-order valence-electron chi connectivity index (χ2n) is 4.58. The van der Waals surface area contributed by atoms with Crippen LogP contribution in [0.25, 0.3) is 0 Å². The Kier molecular flexibility index (Phi) is 6.86. The summed E-state index contributed by atoms with van der Waals surface area (Å²) in [4.78, 5) is 4.31. The standard InChI is InChI=1S/C13H25N3O/c1-3-5-6-7-8-9-10-12-15-13(16-17-12)11(14)4-2/h11H,3-10,14H2,1-2H3. The molecule has 0 bridgehead atoms. The zero-order valence-electron chi connectivity index (χ0n) is 11.1. The fourth-order valence-corrected chi connectivity index (χ4v) is 1.76. The zero-order valence-corrected chi connectivity index (χ0v) is 11.1. The molecule has 0 aliphatic heterocycles. The van der Waals surface area contributed by atoms with E-state index in [1.54, 1.807) is 0 Å². The van der Waals surface area contributed by atoms with Gasteiger partial charge in [-0.25, -0.2) is 0 Å². The quantitative estimate of drug-likeness (QED) is 0.671. The summed E-state index contributed by atoms with van der Waals surface area (Å²) in [5, 5.41) is 3.90. The molecule has 4 nitrogen and oxygen atoms in total. The minimum absolute atomic E-state index is 0.0861. The average Bonchev–Trinajstić information content (AvgIpc) is 2.81. The lowest BCUT2D eigenvalue weighted by Crippen LogP contribution is -2.10. The van der Waals surface area contributed by atoms with Gasteiger partial charge in [0.25, 0.3) is 0 Å². The van der Waals surface area contributed by atoms with Crippen LogP contribution in [0.5, 0.6) is 0 Å². The maximum atomic E-state index is 5.83. The lowest BCUT2D eigenvalue weighted by Gasteiger charge is -1.99. The molecule has 17 heavy (non-hydrogen) atoms. The van der Waals surface area contributed by atoms with E-state index < -0.39 is 0 Å². The molecule has 0 aliphatic rings. The Balaban J connectivity index is 2.16. The van der Waals surface area contributed by atoms with Gasteiger partial charge < -0.3 is 10.3 Å². The number of nitrogens with two attached hydrogens (primary N) is 1. The summed E-state index contributed by atoms with van der Waals surface area (Å²) in [6.07, 6.45) is 9.39. The molecular weight excluding hydrogens is 214 g/mol. The number of rotatable bonds is 9. The van der Waals surface area contributed by atoms with Crippen LogP contribution in [-0.2, 0) is 6.42 Å². The summed E-state index contributed by atoms with van der Waals surface area (Å²) in [7, 11) is 0. The van der Waals surface area contributed by atoms with Crippen molar-refractivity contribution in [1.29, 1.82) is 0 Å². The Hall–Kier alpha value is -0.900. The van der Waals surface area contributed by atoms with Crippen LogP contribution in [-0.4, -0.2) is 10.1 Å². The van der Waals surface area contributed by atoms with E-state index in [9.17, 15) is 0 Å². The summed E-state index contributed by atoms with van der Waals surface area (Å²) < 4.78 is 5.17. The highest BCUT2D eigenvalue weighted by atomic mass is 16.5. The summed E-state index contributed by atoms with van der Waals surface area (Å²) >= 11 is 0. The predicted molar refractivity (Wildman–Crippen MR) is 68.6 cm³/mol. The summed E-state index contributed by atoms with van der Waals surface area (Å²) in [5.41, 5.74) is 5.83. The Bertz CT molecular complexity index is 299. The molecule has 0 aromatic carbocycles. The minimum Gasteiger partial charge on any atom is -0.339 e. The van der Waals surface area contributed by atoms with Crippen LogP contribution in [0.3, 0.4) is 0 Å². The third-order valence-electron chi connectivity index (χ3n) is 3.00. The van der Waals surface area contributed by atoms with Gasteiger partial charge in [-0.1, -0.05) is 51.1 Å². The van der Waals surface area contributed by atoms with Crippen LogP contribution in [0, 0.1) is 0 Å². The lowest BCUT2D eigenvalue weighted by molar-refractivity contribution is 0.365. The van der Waals surface area contributed by atoms with Crippen molar-refractivity contribution in [3.05, 3.63) is 11.7 Å². The van der Waals surface area contributed by atoms with Crippen molar-refractivity contribution in [2.45, 2.75) is 71.3 Å². The molecule has 2 N–H and O–H groups in total. The Morgan fingerprint density at radius 2 is 1.82 bits per heavy atom. The molecule has 0 saturated carbocycles. The monoisotopic (exact) mass is 239 g/mol. The minimum atomic E-state index is -0.0861. The molecule has 0 aliphatic carbocycles. The van der Waals surface area contributed by atoms with Gasteiger partial charge in [0.15, 0.2) is 5.82 Å². The molecular formula is C13H25N3O. The SMILES string of the molecule is CCCCCCCCc1nc(C(N)CC)no1. The molecule has 4 heteroatoms. The van der Waals surface area contributed by atoms with Crippen LogP contribution < -0.4 is 5.73 Å². The molecule has 1 aromatic rings. The van der Waals surface area contributed by atoms with Crippen molar-refractivity contribution in [3.63, 3.8) is 0 Å². The van der Waals surface area contributed by atoms with Gasteiger partial charge in [-0.15, -0.1) is 0 Å². The van der Waals surface area contributed by atoms with E-state index in [0.717, 1.165) is 25.2 Å². The van der Waals surface area contributed by atoms with Gasteiger partial charge >= 0.3 is 0 Å². The lowest BCUT2D eigenvalue weighted by atomic mass is 10.1. The Morgan fingerprint density at radius 1 is 1.12 bits per heavy atom. The molecule has 1 rings (SSSR count). The van der Waals surface area contributed by atoms with Gasteiger partial charge in [0.2, 0.25) is 5.89 Å². The summed E-state index contributed by atoms with van der Waals surface area (Å²) in [6.45, 7) is 4.26. The fourth-order valence-electron chi connectivity index (χ4n) is 1.76. The molecule has 1 heterocycles. The number of hydrogen-bond acceptors (Lipinski definition) is 4. The summed E-state index contributed by atoms with van der Waals surface area (Å²) in [5.74, 6) is 1.38. The highest BCUT2D eigenvalue weighted by Crippen LogP contribution is 2.12. The van der Waals surface area contributed by atoms with Crippen LogP contribution in [0.4, 0.5) is 0 Å². The first kappa shape index (κ1) is 14.2. The number of aromatic nitrogens is 2. The maximum absolute atomic E-state index is 5.83. The van der Waals surface area contributed by atoms with E-state index in [4.69, 9.17) is 10.3 Å². The zero-order chi connectivity index (χ0) is 12.5. The number of nitrogens with zero attached hydrogens (tertiary/aromatic N) is 2. The highest BCUT2D eigenvalue weighted by Gasteiger charge is 2.11. The van der Waals surface area contributed by atoms with Gasteiger partial charge in [-0.05, 0) is 12.8 Å². The second kappa shape index (κ2) is 8.23. The first-order valence-corrected chi connectivity index (χ1v) is 6.86. The van der Waals surface area contributed by atoms with Gasteiger partial charge in [0.05, 0.1) is 6.04 Å². The number of hydrogen-bond donors (Lipinski definition) is 1. The first-order valence-electron chi connectivity index (χ1n) is 6.86. The van der Waals surface area contributed by atoms with Crippen LogP contribution in [0.2, 0.25) is 0 Å². The molecule has 0 fully saturated rings. The van der Waals surface area contributed by atoms with E-state index >= 15 is 0 Å². The summed E-state index contributed by atoms with van der Waals surface area (Å²) in [6, 6.07) is -0.0861. The van der Waals surface area contributed by atoms with Gasteiger partial charge in [-0.2, -0.15) is 4.98 Å². The van der Waals surface area contributed by atoms with Crippen molar-refractivity contribution in [2.75, 3.05) is 0 Å². The van der Waals surface area contributed by atoms with E-state index in [0.29, 0.717) is 5.82 Å². The van der Waals surface area contributed by atoms with Gasteiger partial charge in [-0.3, -0.25) is 0 Å². The van der Waals surface area contributed by atoms with Crippen LogP contribution >= 0.6 is 0 Å². The van der Waals surface area contributed by atoms with Crippen molar-refractivity contribution in [3.8, 4) is 0 Å². The molecule has 0 saturated heterocycles. The molecule has 0 amide bonds. The first-order chi connectivity index (χ1) is 8.27. The third kappa shape index (κ3) is 5.31. The van der Waals surface area contributed by atoms with Crippen molar-refractivity contribution < 1.29 is 4.52 Å². The highest BCUT2D eigenvalue weighted by molar-refractivity contribution is 4.92. The van der Waals surface area contributed by atoms with Crippen molar-refractivity contribution in [1.82, 2.24) is 10.1 Å². The van der Waals surface area contributed by atoms with Gasteiger partial charge in [0.1, 0.15) is 0 Å². The molecule has 98 valence electrons. The normalized spacial score (nSPS) is 12.9. The maximum Gasteiger partial charge on any atom is 0.226 e. The number of unbranched alkanes of at least 4 members (excludes halogenated alkanes) is 5. The molecule has 1 unspecified atom stereocenters. The van der Waals surface area contributed by atoms with E-state index in [2.05, 4.69) is 17.1 Å². The van der Waals surface area contributed by atoms with Crippen molar-refractivity contribution in [2.24, 2.45) is 5.73 Å². The molecule has 1 atom stereocenters. The third-order valence-corrected chi connectivity index (χ3v) is 3.00. The van der Waals surface area contributed by atoms with Crippen LogP contribution in [0.1, 0.15) is 76.6 Å². The average molecular weight is 239 g/mol. The topological polar surface area (TPSA) is 64.9 Å². The molecule has 0 spiro atoms. The number of aryl methyl sites for hydroxylation is 1. The van der Waals surface area contributed by atoms with Gasteiger partial charge in [0, 0.05) is 6.42 Å². The molecule has 0 radical (unpaired) electrons. The molecule has 1 aromatic heterocycles. The fraction of sp³-hybridized carbons (Fsp3) is 0.846. The Morgan fingerprint density at radius 3 is 2.53 bits per heavy atom. The second-order valence-corrected chi connectivity index (χ2v) is 4.58. The van der Waals surface area contributed by atoms with Crippen LogP contribution in [0.15, 0.2) is 4.52 Å². The smallest absolute Gasteiger partial charge is 0.226 e. The Labute approximate surface area is 104 Å². The largest absolute Gasteiger partial charge is 0.339 e. The van der Waals surface area contributed by atoms with E-state index in [1.165, 1.54) is 32.1 Å².